The summed E-state index contributed by atoms with van der Waals surface area (Å²) in [6, 6.07) is 5.75. The average Bonchev–Trinajstić information content (AvgIpc) is 2.84. The molecule has 0 aromatic carbocycles. The minimum atomic E-state index is -1.49. The monoisotopic (exact) mass is 489 g/mol. The fraction of sp³-hybridized carbons (Fsp3) is 0.231. The molecule has 0 saturated carbocycles. The zero-order valence-electron chi connectivity index (χ0n) is 19.2. The summed E-state index contributed by atoms with van der Waals surface area (Å²) in [6.07, 6.45) is 11.2. The van der Waals surface area contributed by atoms with Gasteiger partial charge in [0.1, 0.15) is 6.33 Å². The lowest BCUT2D eigenvalue weighted by Crippen LogP contribution is -2.10. The molecular weight excluding hydrogens is 466 g/mol. The second-order valence-electron chi connectivity index (χ2n) is 7.76. The molecule has 1 aliphatic rings. The van der Waals surface area contributed by atoms with Crippen molar-refractivity contribution in [3.8, 4) is 23.1 Å². The van der Waals surface area contributed by atoms with Crippen molar-refractivity contribution in [1.29, 1.82) is 0 Å². The van der Waals surface area contributed by atoms with Gasteiger partial charge in [0.15, 0.2) is 11.0 Å². The van der Waals surface area contributed by atoms with Crippen molar-refractivity contribution in [3.05, 3.63) is 87.2 Å². The molecule has 0 saturated heterocycles. The molecule has 172 valence electrons. The van der Waals surface area contributed by atoms with Crippen LogP contribution in [0.3, 0.4) is 0 Å². The number of hydrogen-bond donors (Lipinski definition) is 1. The molecule has 6 nitrogen and oxygen atoms in total. The molecule has 1 unspecified atom stereocenters. The second-order valence-corrected chi connectivity index (χ2v) is 9.35. The van der Waals surface area contributed by atoms with Crippen molar-refractivity contribution in [1.82, 2.24) is 19.9 Å². The van der Waals surface area contributed by atoms with Crippen molar-refractivity contribution >= 4 is 28.3 Å². The number of anilines is 1. The van der Waals surface area contributed by atoms with E-state index in [0.717, 1.165) is 53.2 Å². The smallest absolute Gasteiger partial charge is 0.151 e. The van der Waals surface area contributed by atoms with Gasteiger partial charge >= 0.3 is 0 Å². The summed E-state index contributed by atoms with van der Waals surface area (Å²) in [6.45, 7) is 5.84. The molecule has 0 radical (unpaired) electrons. The molecule has 4 rings (SSSR count). The summed E-state index contributed by atoms with van der Waals surface area (Å²) < 4.78 is 15.9. The number of rotatable bonds is 5. The third-order valence-electron chi connectivity index (χ3n) is 5.31. The Balaban J connectivity index is 1.67. The zero-order chi connectivity index (χ0) is 24.1. The normalized spacial score (nSPS) is 13.9. The molecule has 0 spiro atoms. The summed E-state index contributed by atoms with van der Waals surface area (Å²) in [5.41, 5.74) is 6.33. The zero-order valence-corrected chi connectivity index (χ0v) is 20.8. The molecule has 34 heavy (non-hydrogen) atoms. The fourth-order valence-corrected chi connectivity index (χ4v) is 4.96. The maximum absolute atomic E-state index is 12.9. The van der Waals surface area contributed by atoms with Gasteiger partial charge in [-0.25, -0.2) is 14.2 Å². The van der Waals surface area contributed by atoms with Crippen molar-refractivity contribution in [2.75, 3.05) is 4.72 Å². The number of aryl methyl sites for hydroxylation is 3. The van der Waals surface area contributed by atoms with Crippen LogP contribution in [0.4, 0.5) is 5.69 Å². The van der Waals surface area contributed by atoms with E-state index in [0.29, 0.717) is 21.2 Å². The lowest BCUT2D eigenvalue weighted by Gasteiger charge is -2.13. The van der Waals surface area contributed by atoms with Crippen LogP contribution in [0.15, 0.2) is 59.0 Å². The van der Waals surface area contributed by atoms with Gasteiger partial charge in [0.2, 0.25) is 0 Å². The van der Waals surface area contributed by atoms with Gasteiger partial charge in [-0.15, -0.1) is 0 Å². The highest BCUT2D eigenvalue weighted by Crippen LogP contribution is 2.27. The predicted molar refractivity (Wildman–Crippen MR) is 137 cm³/mol. The lowest BCUT2D eigenvalue weighted by molar-refractivity contribution is 0.690. The number of halogens is 1. The third kappa shape index (κ3) is 5.41. The van der Waals surface area contributed by atoms with E-state index < -0.39 is 11.0 Å². The Kier molecular flexibility index (Phi) is 7.51. The van der Waals surface area contributed by atoms with Gasteiger partial charge in [0.05, 0.1) is 38.3 Å². The first-order chi connectivity index (χ1) is 16.5. The molecule has 3 aromatic rings. The number of pyridine rings is 2. The van der Waals surface area contributed by atoms with E-state index >= 15 is 0 Å². The Labute approximate surface area is 207 Å². The molecule has 0 fully saturated rings. The Morgan fingerprint density at radius 2 is 1.91 bits per heavy atom. The highest BCUT2D eigenvalue weighted by Gasteiger charge is 2.15. The highest BCUT2D eigenvalue weighted by molar-refractivity contribution is 7.90. The Hall–Kier alpha value is -3.34. The number of hydrogen-bond acceptors (Lipinski definition) is 5. The van der Waals surface area contributed by atoms with Crippen LogP contribution >= 0.6 is 11.6 Å². The molecule has 3 aromatic heterocycles. The maximum Gasteiger partial charge on any atom is 0.151 e. The van der Waals surface area contributed by atoms with Gasteiger partial charge in [0, 0.05) is 29.2 Å². The number of nitrogens with zero attached hydrogens (tertiary/aromatic N) is 4. The number of allylic oxidation sites excluding steroid dienone is 3. The van der Waals surface area contributed by atoms with Crippen LogP contribution in [0, 0.1) is 25.7 Å². The topological polar surface area (TPSA) is 80.7 Å². The Bertz CT molecular complexity index is 1390. The van der Waals surface area contributed by atoms with E-state index in [1.165, 1.54) is 0 Å². The number of aromatic nitrogens is 4. The van der Waals surface area contributed by atoms with E-state index in [2.05, 4.69) is 36.5 Å². The van der Waals surface area contributed by atoms with Crippen LogP contribution in [0.5, 0.6) is 0 Å². The van der Waals surface area contributed by atoms with Gasteiger partial charge in [-0.3, -0.25) is 14.7 Å². The molecular formula is C26H24ClN5OS. The third-order valence-corrected chi connectivity index (χ3v) is 6.97. The van der Waals surface area contributed by atoms with Crippen LogP contribution in [0.1, 0.15) is 48.0 Å². The fourth-order valence-electron chi connectivity index (χ4n) is 3.51. The average molecular weight is 490 g/mol. The van der Waals surface area contributed by atoms with E-state index in [-0.39, 0.29) is 0 Å². The second kappa shape index (κ2) is 10.7. The summed E-state index contributed by atoms with van der Waals surface area (Å²) >= 11 is 6.24. The minimum absolute atomic E-state index is 0.522. The summed E-state index contributed by atoms with van der Waals surface area (Å²) in [5, 5.41) is 0.522. The van der Waals surface area contributed by atoms with Crippen LogP contribution in [-0.4, -0.2) is 24.1 Å². The molecule has 0 bridgehead atoms. The molecule has 8 heteroatoms. The largest absolute Gasteiger partial charge is 0.299 e. The quantitative estimate of drug-likeness (QED) is 0.486. The molecule has 1 aliphatic carbocycles. The lowest BCUT2D eigenvalue weighted by atomic mass is 10.0. The van der Waals surface area contributed by atoms with Crippen molar-refractivity contribution in [3.63, 3.8) is 0 Å². The molecule has 1 N–H and O–H groups in total. The van der Waals surface area contributed by atoms with Gasteiger partial charge in [-0.05, 0) is 51.3 Å². The van der Waals surface area contributed by atoms with Gasteiger partial charge < -0.3 is 0 Å². The molecule has 0 aliphatic heterocycles. The maximum atomic E-state index is 12.9. The SMILES string of the molecule is CCc1ncnc(-c2ccnc(C)c2)c1C#Cc1cnc(C)c(NS(=O)C2=CCCC=C2Cl)c1. The Morgan fingerprint density at radius 3 is 2.68 bits per heavy atom. The van der Waals surface area contributed by atoms with Crippen molar-refractivity contribution in [2.24, 2.45) is 0 Å². The van der Waals surface area contributed by atoms with E-state index in [1.54, 1.807) is 18.7 Å². The molecule has 0 amide bonds. The first-order valence-corrected chi connectivity index (χ1v) is 12.5. The number of nitrogens with one attached hydrogen (secondary N) is 1. The standard InChI is InChI=1S/C26H24ClN5OS/c1-4-23-21(26(31-16-30-23)20-11-12-28-17(2)13-20)10-9-19-14-24(18(3)29-15-19)32-34(33)25-8-6-5-7-22(25)27/h7-8,11-16,32H,4-6H2,1-3H3. The minimum Gasteiger partial charge on any atom is -0.299 e. The van der Waals surface area contributed by atoms with Gasteiger partial charge in [-0.2, -0.15) is 0 Å². The van der Waals surface area contributed by atoms with Crippen LogP contribution < -0.4 is 4.72 Å². The highest BCUT2D eigenvalue weighted by atomic mass is 35.5. The van der Waals surface area contributed by atoms with Crippen LogP contribution in [0.25, 0.3) is 11.3 Å². The Morgan fingerprint density at radius 1 is 1.09 bits per heavy atom. The summed E-state index contributed by atoms with van der Waals surface area (Å²) in [4.78, 5) is 18.2. The summed E-state index contributed by atoms with van der Waals surface area (Å²) in [5.74, 6) is 6.45. The van der Waals surface area contributed by atoms with Gasteiger partial charge in [-0.1, -0.05) is 42.5 Å². The molecule has 1 atom stereocenters. The van der Waals surface area contributed by atoms with Crippen LogP contribution in [0.2, 0.25) is 0 Å². The van der Waals surface area contributed by atoms with Crippen molar-refractivity contribution in [2.45, 2.75) is 40.0 Å². The van der Waals surface area contributed by atoms with Gasteiger partial charge in [0.25, 0.3) is 0 Å². The van der Waals surface area contributed by atoms with E-state index in [1.807, 2.05) is 51.1 Å². The van der Waals surface area contributed by atoms with E-state index in [9.17, 15) is 4.21 Å². The first kappa shape index (κ1) is 23.8. The van der Waals surface area contributed by atoms with Crippen molar-refractivity contribution < 1.29 is 4.21 Å². The molecule has 3 heterocycles. The van der Waals surface area contributed by atoms with E-state index in [4.69, 9.17) is 11.6 Å². The van der Waals surface area contributed by atoms with Crippen LogP contribution in [-0.2, 0) is 17.4 Å². The predicted octanol–water partition coefficient (Wildman–Crippen LogP) is 5.39. The summed E-state index contributed by atoms with van der Waals surface area (Å²) in [7, 11) is -1.49. The first-order valence-electron chi connectivity index (χ1n) is 11.0.